The first-order valence-corrected chi connectivity index (χ1v) is 10.2. The van der Waals surface area contributed by atoms with Crippen LogP contribution in [0.1, 0.15) is 18.4 Å². The van der Waals surface area contributed by atoms with E-state index in [9.17, 15) is 14.4 Å². The Hall–Kier alpha value is -2.91. The van der Waals surface area contributed by atoms with E-state index in [-0.39, 0.29) is 18.9 Å². The van der Waals surface area contributed by atoms with Crippen molar-refractivity contribution < 1.29 is 24.3 Å². The monoisotopic (exact) mass is 414 g/mol. The summed E-state index contributed by atoms with van der Waals surface area (Å²) >= 11 is 0. The van der Waals surface area contributed by atoms with Gasteiger partial charge in [0, 0.05) is 32.7 Å². The molecule has 9 heteroatoms. The largest absolute Gasteiger partial charge is 0.445 e. The molecule has 2 saturated heterocycles. The van der Waals surface area contributed by atoms with E-state index in [0.717, 1.165) is 17.6 Å². The maximum atomic E-state index is 13.2. The normalized spacial score (nSPS) is 25.9. The fourth-order valence-corrected chi connectivity index (χ4v) is 4.09. The Kier molecular flexibility index (Phi) is 6.01. The first kappa shape index (κ1) is 20.4. The van der Waals surface area contributed by atoms with E-state index in [1.54, 1.807) is 15.3 Å². The summed E-state index contributed by atoms with van der Waals surface area (Å²) in [6.45, 7) is 2.54. The summed E-state index contributed by atoms with van der Waals surface area (Å²) in [6.07, 6.45) is 2.19. The first-order chi connectivity index (χ1) is 14.6. The van der Waals surface area contributed by atoms with Crippen LogP contribution in [0.2, 0.25) is 0 Å². The highest BCUT2D eigenvalue weighted by Crippen LogP contribution is 2.26. The number of rotatable bonds is 4. The lowest BCUT2D eigenvalue weighted by atomic mass is 9.87. The average molecular weight is 414 g/mol. The van der Waals surface area contributed by atoms with Gasteiger partial charge in [-0.05, 0) is 24.0 Å². The molecule has 9 nitrogen and oxygen atoms in total. The number of carbonyl (C=O) groups is 3. The molecule has 160 valence electrons. The predicted molar refractivity (Wildman–Crippen MR) is 107 cm³/mol. The van der Waals surface area contributed by atoms with Crippen molar-refractivity contribution >= 4 is 23.5 Å². The maximum Gasteiger partial charge on any atom is 0.410 e. The Morgan fingerprint density at radius 3 is 2.57 bits per heavy atom. The predicted octanol–water partition coefficient (Wildman–Crippen LogP) is 0.607. The number of hydroxylamine groups is 1. The van der Waals surface area contributed by atoms with Gasteiger partial charge in [-0.3, -0.25) is 14.8 Å². The van der Waals surface area contributed by atoms with Gasteiger partial charge in [0.15, 0.2) is 0 Å². The summed E-state index contributed by atoms with van der Waals surface area (Å²) < 4.78 is 5.48. The standard InChI is InChI=1S/C21H26N4O5/c26-19(23-29)17-11-16(30-21(28)24-8-4-9-24)12-22-18(17)20(27)25-10-7-15(13-25)14-5-2-1-3-6-14/h1-3,5-7,16-18,22,29H,4,8-13H2,(H,23,26). The van der Waals surface area contributed by atoms with Gasteiger partial charge in [0.05, 0.1) is 12.0 Å². The molecule has 1 aromatic rings. The Balaban J connectivity index is 1.39. The van der Waals surface area contributed by atoms with Crippen LogP contribution in [0.15, 0.2) is 36.4 Å². The number of carbonyl (C=O) groups excluding carboxylic acids is 3. The molecule has 0 bridgehead atoms. The molecule has 3 amide bonds. The summed E-state index contributed by atoms with van der Waals surface area (Å²) in [5.74, 6) is -1.72. The first-order valence-electron chi connectivity index (χ1n) is 10.2. The van der Waals surface area contributed by atoms with Crippen molar-refractivity contribution in [3.05, 3.63) is 42.0 Å². The van der Waals surface area contributed by atoms with E-state index in [2.05, 4.69) is 5.32 Å². The quantitative estimate of drug-likeness (QED) is 0.492. The van der Waals surface area contributed by atoms with Gasteiger partial charge in [-0.1, -0.05) is 36.4 Å². The van der Waals surface area contributed by atoms with Crippen LogP contribution in [0.3, 0.4) is 0 Å². The van der Waals surface area contributed by atoms with E-state index in [0.29, 0.717) is 26.2 Å². The van der Waals surface area contributed by atoms with Crippen molar-refractivity contribution in [3.8, 4) is 0 Å². The third-order valence-corrected chi connectivity index (χ3v) is 5.95. The number of hydrogen-bond donors (Lipinski definition) is 3. The minimum Gasteiger partial charge on any atom is -0.445 e. The van der Waals surface area contributed by atoms with Gasteiger partial charge in [0.1, 0.15) is 6.10 Å². The molecule has 0 aromatic heterocycles. The molecule has 3 unspecified atom stereocenters. The lowest BCUT2D eigenvalue weighted by molar-refractivity contribution is -0.145. The number of hydrogen-bond acceptors (Lipinski definition) is 6. The molecule has 2 fully saturated rings. The zero-order chi connectivity index (χ0) is 21.1. The second-order valence-electron chi connectivity index (χ2n) is 7.86. The van der Waals surface area contributed by atoms with Crippen LogP contribution < -0.4 is 10.8 Å². The molecule has 0 spiro atoms. The molecule has 30 heavy (non-hydrogen) atoms. The number of amides is 3. The van der Waals surface area contributed by atoms with Crippen molar-refractivity contribution in [2.24, 2.45) is 5.92 Å². The minimum atomic E-state index is -0.841. The summed E-state index contributed by atoms with van der Waals surface area (Å²) in [4.78, 5) is 40.8. The minimum absolute atomic E-state index is 0.169. The van der Waals surface area contributed by atoms with E-state index in [4.69, 9.17) is 9.94 Å². The number of benzene rings is 1. The number of likely N-dealkylation sites (tertiary alicyclic amines) is 1. The smallest absolute Gasteiger partial charge is 0.410 e. The van der Waals surface area contributed by atoms with Gasteiger partial charge in [-0.15, -0.1) is 0 Å². The van der Waals surface area contributed by atoms with Gasteiger partial charge < -0.3 is 19.9 Å². The number of nitrogens with zero attached hydrogens (tertiary/aromatic N) is 2. The Bertz CT molecular complexity index is 839. The SMILES string of the molecule is O=C(NO)C1CC(OC(=O)N2CCC2)CNC1C(=O)N1CC=C(c2ccccc2)C1. The fourth-order valence-electron chi connectivity index (χ4n) is 4.09. The summed E-state index contributed by atoms with van der Waals surface area (Å²) in [7, 11) is 0. The molecule has 0 saturated carbocycles. The Morgan fingerprint density at radius 2 is 1.90 bits per heavy atom. The highest BCUT2D eigenvalue weighted by atomic mass is 16.6. The van der Waals surface area contributed by atoms with Crippen molar-refractivity contribution in [3.63, 3.8) is 0 Å². The molecule has 0 aliphatic carbocycles. The average Bonchev–Trinajstić information content (AvgIpc) is 3.22. The molecule has 3 N–H and O–H groups in total. The van der Waals surface area contributed by atoms with Crippen LogP contribution in [0, 0.1) is 5.92 Å². The summed E-state index contributed by atoms with van der Waals surface area (Å²) in [6, 6.07) is 9.05. The molecule has 4 rings (SSSR count). The van der Waals surface area contributed by atoms with Gasteiger partial charge in [0.2, 0.25) is 11.8 Å². The van der Waals surface area contributed by atoms with Gasteiger partial charge in [-0.2, -0.15) is 0 Å². The van der Waals surface area contributed by atoms with Crippen LogP contribution in [0.25, 0.3) is 5.57 Å². The fraction of sp³-hybridized carbons (Fsp3) is 0.476. The van der Waals surface area contributed by atoms with Crippen LogP contribution in [0.5, 0.6) is 0 Å². The second kappa shape index (κ2) is 8.85. The van der Waals surface area contributed by atoms with Crippen LogP contribution in [0.4, 0.5) is 4.79 Å². The molecule has 3 aliphatic heterocycles. The lowest BCUT2D eigenvalue weighted by Crippen LogP contribution is -2.60. The van der Waals surface area contributed by atoms with E-state index in [1.807, 2.05) is 36.4 Å². The molecule has 3 aliphatic rings. The van der Waals surface area contributed by atoms with Gasteiger partial charge in [0.25, 0.3) is 0 Å². The number of ether oxygens (including phenoxy) is 1. The Morgan fingerprint density at radius 1 is 1.13 bits per heavy atom. The van der Waals surface area contributed by atoms with Gasteiger partial charge >= 0.3 is 6.09 Å². The van der Waals surface area contributed by atoms with Gasteiger partial charge in [-0.25, -0.2) is 10.3 Å². The zero-order valence-electron chi connectivity index (χ0n) is 16.6. The van der Waals surface area contributed by atoms with E-state index >= 15 is 0 Å². The zero-order valence-corrected chi connectivity index (χ0v) is 16.6. The van der Waals surface area contributed by atoms with Crippen LogP contribution in [-0.2, 0) is 14.3 Å². The number of piperidine rings is 1. The van der Waals surface area contributed by atoms with Crippen LogP contribution >= 0.6 is 0 Å². The van der Waals surface area contributed by atoms with Crippen molar-refractivity contribution in [1.29, 1.82) is 0 Å². The van der Waals surface area contributed by atoms with E-state index < -0.39 is 30.1 Å². The van der Waals surface area contributed by atoms with Crippen molar-refractivity contribution in [2.45, 2.75) is 25.0 Å². The second-order valence-corrected chi connectivity index (χ2v) is 7.86. The molecule has 1 aromatic carbocycles. The Labute approximate surface area is 174 Å². The molecule has 3 atom stereocenters. The van der Waals surface area contributed by atoms with Crippen LogP contribution in [-0.4, -0.2) is 77.8 Å². The van der Waals surface area contributed by atoms with E-state index in [1.165, 1.54) is 0 Å². The third kappa shape index (κ3) is 4.17. The lowest BCUT2D eigenvalue weighted by Gasteiger charge is -2.38. The van der Waals surface area contributed by atoms with Crippen molar-refractivity contribution in [2.75, 3.05) is 32.7 Å². The molecular weight excluding hydrogens is 388 g/mol. The third-order valence-electron chi connectivity index (χ3n) is 5.95. The number of nitrogens with one attached hydrogen (secondary N) is 2. The molecular formula is C21H26N4O5. The topological polar surface area (TPSA) is 111 Å². The maximum absolute atomic E-state index is 13.2. The van der Waals surface area contributed by atoms with Crippen molar-refractivity contribution in [1.82, 2.24) is 20.6 Å². The molecule has 3 heterocycles. The highest BCUT2D eigenvalue weighted by Gasteiger charge is 2.43. The summed E-state index contributed by atoms with van der Waals surface area (Å²) in [5, 5.41) is 12.2. The molecule has 0 radical (unpaired) electrons. The highest BCUT2D eigenvalue weighted by molar-refractivity contribution is 5.92. The summed E-state index contributed by atoms with van der Waals surface area (Å²) in [5.41, 5.74) is 3.77.